The molecule has 1 saturated carbocycles. The molecular formula is C11H25ClN2O4S2. The van der Waals surface area contributed by atoms with E-state index in [0.717, 1.165) is 25.5 Å². The Morgan fingerprint density at radius 1 is 1.20 bits per heavy atom. The third kappa shape index (κ3) is 5.85. The third-order valence-electron chi connectivity index (χ3n) is 3.90. The average molecular weight is 349 g/mol. The normalized spacial score (nSPS) is 27.9. The van der Waals surface area contributed by atoms with Crippen LogP contribution in [0.15, 0.2) is 0 Å². The minimum absolute atomic E-state index is 0. The molecule has 1 fully saturated rings. The Hall–Kier alpha value is 0.110. The summed E-state index contributed by atoms with van der Waals surface area (Å²) in [6.45, 7) is 2.23. The summed E-state index contributed by atoms with van der Waals surface area (Å²) in [7, 11) is -6.92. The molecule has 1 aliphatic carbocycles. The van der Waals surface area contributed by atoms with E-state index in [1.807, 2.05) is 6.92 Å². The summed E-state index contributed by atoms with van der Waals surface area (Å²) in [5.74, 6) is -0.600. The van der Waals surface area contributed by atoms with Gasteiger partial charge in [0.25, 0.3) is 0 Å². The topological polar surface area (TPSA) is 106 Å². The number of nitrogens with two attached hydrogens (primary N) is 1. The quantitative estimate of drug-likeness (QED) is 0.717. The lowest BCUT2D eigenvalue weighted by Gasteiger charge is -2.42. The van der Waals surface area contributed by atoms with Crippen molar-refractivity contribution in [3.63, 3.8) is 0 Å². The van der Waals surface area contributed by atoms with Gasteiger partial charge in [0.1, 0.15) is 9.84 Å². The fourth-order valence-electron chi connectivity index (χ4n) is 2.53. The van der Waals surface area contributed by atoms with Crippen molar-refractivity contribution in [2.75, 3.05) is 24.3 Å². The number of hydrogen-bond acceptors (Lipinski definition) is 5. The predicted octanol–water partition coefficient (Wildman–Crippen LogP) is 0.280. The smallest absolute Gasteiger partial charge is 0.213 e. The molecule has 122 valence electrons. The van der Waals surface area contributed by atoms with Gasteiger partial charge in [-0.3, -0.25) is 0 Å². The molecular weight excluding hydrogens is 324 g/mol. The molecule has 3 N–H and O–H groups in total. The zero-order valence-corrected chi connectivity index (χ0v) is 14.4. The Balaban J connectivity index is 0.00000361. The van der Waals surface area contributed by atoms with Crippen LogP contribution in [0.25, 0.3) is 0 Å². The summed E-state index contributed by atoms with van der Waals surface area (Å²) in [6.07, 6.45) is 4.70. The summed E-state index contributed by atoms with van der Waals surface area (Å²) in [6, 6.07) is 0. The minimum Gasteiger partial charge on any atom is -0.329 e. The summed E-state index contributed by atoms with van der Waals surface area (Å²) >= 11 is 0. The molecule has 0 radical (unpaired) electrons. The molecule has 2 unspecified atom stereocenters. The monoisotopic (exact) mass is 348 g/mol. The number of sulfone groups is 1. The summed E-state index contributed by atoms with van der Waals surface area (Å²) in [5, 5.41) is 0. The molecule has 0 amide bonds. The molecule has 1 rings (SSSR count). The Kier molecular flexibility index (Phi) is 7.44. The molecule has 6 nitrogen and oxygen atoms in total. The van der Waals surface area contributed by atoms with E-state index >= 15 is 0 Å². The van der Waals surface area contributed by atoms with Gasteiger partial charge in [-0.25, -0.2) is 21.6 Å². The van der Waals surface area contributed by atoms with Gasteiger partial charge in [0.05, 0.1) is 11.5 Å². The first kappa shape index (κ1) is 20.1. The highest BCUT2D eigenvalue weighted by molar-refractivity contribution is 7.93. The van der Waals surface area contributed by atoms with Gasteiger partial charge in [-0.05, 0) is 18.8 Å². The maximum Gasteiger partial charge on any atom is 0.213 e. The van der Waals surface area contributed by atoms with Crippen LogP contribution in [-0.2, 0) is 19.9 Å². The van der Waals surface area contributed by atoms with E-state index in [1.54, 1.807) is 0 Å². The molecule has 20 heavy (non-hydrogen) atoms. The first-order valence-electron chi connectivity index (χ1n) is 6.50. The van der Waals surface area contributed by atoms with Crippen LogP contribution in [0.5, 0.6) is 0 Å². The number of hydrogen-bond donors (Lipinski definition) is 2. The highest BCUT2D eigenvalue weighted by Gasteiger charge is 2.40. The van der Waals surface area contributed by atoms with Crippen LogP contribution in [0, 0.1) is 5.92 Å². The van der Waals surface area contributed by atoms with E-state index in [4.69, 9.17) is 5.73 Å². The number of nitrogens with one attached hydrogen (secondary N) is 1. The summed E-state index contributed by atoms with van der Waals surface area (Å²) in [5.41, 5.74) is 5.16. The molecule has 0 aliphatic heterocycles. The largest absolute Gasteiger partial charge is 0.329 e. The highest BCUT2D eigenvalue weighted by Crippen LogP contribution is 2.33. The van der Waals surface area contributed by atoms with Crippen LogP contribution in [0.3, 0.4) is 0 Å². The van der Waals surface area contributed by atoms with E-state index < -0.39 is 31.2 Å². The number of sulfonamides is 1. The van der Waals surface area contributed by atoms with Crippen molar-refractivity contribution in [1.29, 1.82) is 0 Å². The first-order chi connectivity index (χ1) is 8.60. The van der Waals surface area contributed by atoms with Crippen LogP contribution in [0.2, 0.25) is 0 Å². The first-order valence-corrected chi connectivity index (χ1v) is 10.2. The van der Waals surface area contributed by atoms with E-state index in [1.165, 1.54) is 0 Å². The van der Waals surface area contributed by atoms with Crippen molar-refractivity contribution in [2.45, 2.75) is 38.1 Å². The van der Waals surface area contributed by atoms with Gasteiger partial charge in [0.15, 0.2) is 0 Å². The molecule has 0 aromatic heterocycles. The van der Waals surface area contributed by atoms with Gasteiger partial charge in [0, 0.05) is 18.3 Å². The van der Waals surface area contributed by atoms with E-state index in [9.17, 15) is 16.8 Å². The van der Waals surface area contributed by atoms with Gasteiger partial charge in [0.2, 0.25) is 10.0 Å². The molecule has 2 atom stereocenters. The van der Waals surface area contributed by atoms with Crippen molar-refractivity contribution in [3.8, 4) is 0 Å². The molecule has 1 aliphatic rings. The summed E-state index contributed by atoms with van der Waals surface area (Å²) < 4.78 is 48.8. The zero-order chi connectivity index (χ0) is 14.7. The number of rotatable bonds is 6. The fraction of sp³-hybridized carbons (Fsp3) is 1.00. The third-order valence-corrected chi connectivity index (χ3v) is 6.56. The predicted molar refractivity (Wildman–Crippen MR) is 83.3 cm³/mol. The molecule has 0 heterocycles. The second-order valence-corrected chi connectivity index (χ2v) is 9.66. The Morgan fingerprint density at radius 3 is 2.25 bits per heavy atom. The number of halogens is 1. The van der Waals surface area contributed by atoms with E-state index in [0.29, 0.717) is 6.42 Å². The van der Waals surface area contributed by atoms with Crippen LogP contribution in [-0.4, -0.2) is 46.7 Å². The maximum atomic E-state index is 12.0. The molecule has 9 heteroatoms. The minimum atomic E-state index is -3.63. The van der Waals surface area contributed by atoms with Crippen molar-refractivity contribution in [3.05, 3.63) is 0 Å². The van der Waals surface area contributed by atoms with Crippen molar-refractivity contribution >= 4 is 32.3 Å². The average Bonchev–Trinajstić information content (AvgIpc) is 2.29. The van der Waals surface area contributed by atoms with Crippen LogP contribution < -0.4 is 10.5 Å². The van der Waals surface area contributed by atoms with Crippen molar-refractivity contribution in [1.82, 2.24) is 4.72 Å². The lowest BCUT2D eigenvalue weighted by atomic mass is 9.74. The lowest BCUT2D eigenvalue weighted by Crippen LogP contribution is -2.59. The van der Waals surface area contributed by atoms with Crippen LogP contribution >= 0.6 is 12.4 Å². The van der Waals surface area contributed by atoms with Crippen LogP contribution in [0.1, 0.15) is 32.6 Å². The zero-order valence-electron chi connectivity index (χ0n) is 12.0. The maximum absolute atomic E-state index is 12.0. The molecule has 0 aromatic carbocycles. The highest BCUT2D eigenvalue weighted by atomic mass is 35.5. The van der Waals surface area contributed by atoms with Gasteiger partial charge in [-0.1, -0.05) is 19.8 Å². The lowest BCUT2D eigenvalue weighted by molar-refractivity contribution is 0.191. The Morgan fingerprint density at radius 2 is 1.80 bits per heavy atom. The van der Waals surface area contributed by atoms with Gasteiger partial charge >= 0.3 is 0 Å². The van der Waals surface area contributed by atoms with E-state index in [-0.39, 0.29) is 30.6 Å². The standard InChI is InChI=1S/C11H24N2O4S2.ClH/c1-10-5-3-4-6-11(10,9-12)13-19(16,17)8-7-18(2,14)15;/h10,13H,3-9,12H2,1-2H3;1H. The van der Waals surface area contributed by atoms with Crippen molar-refractivity contribution < 1.29 is 16.8 Å². The summed E-state index contributed by atoms with van der Waals surface area (Å²) in [4.78, 5) is 0. The second-order valence-electron chi connectivity index (χ2n) is 5.56. The van der Waals surface area contributed by atoms with E-state index in [2.05, 4.69) is 4.72 Å². The fourth-order valence-corrected chi connectivity index (χ4v) is 5.73. The second kappa shape index (κ2) is 7.40. The molecule has 0 aromatic rings. The van der Waals surface area contributed by atoms with Gasteiger partial charge in [-0.15, -0.1) is 12.4 Å². The molecule has 0 saturated heterocycles. The molecule has 0 bridgehead atoms. The van der Waals surface area contributed by atoms with Gasteiger partial charge in [-0.2, -0.15) is 0 Å². The van der Waals surface area contributed by atoms with Crippen LogP contribution in [0.4, 0.5) is 0 Å². The van der Waals surface area contributed by atoms with Crippen molar-refractivity contribution in [2.24, 2.45) is 11.7 Å². The molecule has 0 spiro atoms. The van der Waals surface area contributed by atoms with Gasteiger partial charge < -0.3 is 5.73 Å². The SMILES string of the molecule is CC1CCCCC1(CN)NS(=O)(=O)CCS(C)(=O)=O.Cl. The Labute approximate surface area is 128 Å². The Bertz CT molecular complexity index is 507.